The molecule has 0 saturated heterocycles. The van der Waals surface area contributed by atoms with Crippen molar-refractivity contribution in [2.75, 3.05) is 26.9 Å². The van der Waals surface area contributed by atoms with Crippen LogP contribution in [0.4, 0.5) is 4.79 Å². The lowest BCUT2D eigenvalue weighted by molar-refractivity contribution is -0.139. The zero-order valence-electron chi connectivity index (χ0n) is 21.8. The number of hydrazone groups is 1. The summed E-state index contributed by atoms with van der Waals surface area (Å²) in [7, 11) is 1.43. The standard InChI is InChI=1S/C27H26BrClN4O7/c1-5-9-39-25-18(28)10-16(11-19(25)29)13-30-33-22(34)14-40-20-8-7-17(12-21(20)37-4)24-23(26(35)38-6-2)15(3)31-27(36)32-24/h1,7-8,10-13,24H,6,9,14H2,2-4H3,(H,33,34)(H2,31,32,36)/b30-13-/t24-/m0/s1. The molecule has 11 nitrogen and oxygen atoms in total. The average Bonchev–Trinajstić information content (AvgIpc) is 2.91. The molecule has 40 heavy (non-hydrogen) atoms. The van der Waals surface area contributed by atoms with Gasteiger partial charge in [-0.2, -0.15) is 5.10 Å². The predicted octanol–water partition coefficient (Wildman–Crippen LogP) is 3.84. The number of benzene rings is 2. The van der Waals surface area contributed by atoms with Crippen molar-refractivity contribution in [3.05, 3.63) is 62.2 Å². The first-order valence-corrected chi connectivity index (χ1v) is 13.0. The highest BCUT2D eigenvalue weighted by Crippen LogP contribution is 2.35. The van der Waals surface area contributed by atoms with Crippen LogP contribution in [0.3, 0.4) is 0 Å². The number of hydrogen-bond donors (Lipinski definition) is 3. The lowest BCUT2D eigenvalue weighted by Crippen LogP contribution is -2.45. The summed E-state index contributed by atoms with van der Waals surface area (Å²) in [6, 6.07) is 6.88. The molecule has 13 heteroatoms. The molecule has 1 aliphatic rings. The number of amides is 3. The van der Waals surface area contributed by atoms with Gasteiger partial charge in [0.25, 0.3) is 5.91 Å². The molecule has 2 aromatic carbocycles. The van der Waals surface area contributed by atoms with E-state index < -0.39 is 23.9 Å². The summed E-state index contributed by atoms with van der Waals surface area (Å²) in [5.41, 5.74) is 4.16. The highest BCUT2D eigenvalue weighted by Gasteiger charge is 2.32. The fraction of sp³-hybridized carbons (Fsp3) is 0.259. The number of ether oxygens (including phenoxy) is 4. The van der Waals surface area contributed by atoms with Crippen molar-refractivity contribution in [1.82, 2.24) is 16.1 Å². The van der Waals surface area contributed by atoms with Gasteiger partial charge in [0.2, 0.25) is 0 Å². The van der Waals surface area contributed by atoms with Crippen LogP contribution in [0.5, 0.6) is 17.2 Å². The fourth-order valence-electron chi connectivity index (χ4n) is 3.67. The molecule has 0 spiro atoms. The quantitative estimate of drug-likeness (QED) is 0.148. The van der Waals surface area contributed by atoms with E-state index in [4.69, 9.17) is 37.0 Å². The molecule has 3 amide bonds. The summed E-state index contributed by atoms with van der Waals surface area (Å²) in [5.74, 6) is 2.23. The van der Waals surface area contributed by atoms with Crippen LogP contribution in [-0.4, -0.2) is 51.1 Å². The van der Waals surface area contributed by atoms with Gasteiger partial charge in [-0.15, -0.1) is 6.42 Å². The van der Waals surface area contributed by atoms with Crippen molar-refractivity contribution in [1.29, 1.82) is 0 Å². The first-order valence-electron chi connectivity index (χ1n) is 11.8. The second-order valence-corrected chi connectivity index (χ2v) is 9.35. The van der Waals surface area contributed by atoms with Crippen molar-refractivity contribution in [3.63, 3.8) is 0 Å². The molecule has 0 bridgehead atoms. The maximum absolute atomic E-state index is 12.6. The van der Waals surface area contributed by atoms with Crippen LogP contribution in [-0.2, 0) is 14.3 Å². The van der Waals surface area contributed by atoms with Crippen molar-refractivity contribution in [3.8, 4) is 29.6 Å². The van der Waals surface area contributed by atoms with Gasteiger partial charge in [0.15, 0.2) is 23.9 Å². The summed E-state index contributed by atoms with van der Waals surface area (Å²) in [6.07, 6.45) is 6.61. The number of terminal acetylenes is 1. The number of nitrogens with zero attached hydrogens (tertiary/aromatic N) is 1. The Morgan fingerprint density at radius 2 is 2.02 bits per heavy atom. The monoisotopic (exact) mass is 632 g/mol. The third-order valence-electron chi connectivity index (χ3n) is 5.37. The van der Waals surface area contributed by atoms with Gasteiger partial charge < -0.3 is 29.6 Å². The van der Waals surface area contributed by atoms with Gasteiger partial charge in [-0.3, -0.25) is 4.79 Å². The Morgan fingerprint density at radius 1 is 1.25 bits per heavy atom. The summed E-state index contributed by atoms with van der Waals surface area (Å²) in [5, 5.41) is 9.53. The molecule has 1 aliphatic heterocycles. The summed E-state index contributed by atoms with van der Waals surface area (Å²) < 4.78 is 22.1. The Morgan fingerprint density at radius 3 is 2.70 bits per heavy atom. The Labute approximate surface area is 244 Å². The summed E-state index contributed by atoms with van der Waals surface area (Å²) in [6.45, 7) is 3.19. The largest absolute Gasteiger partial charge is 0.493 e. The van der Waals surface area contributed by atoms with Gasteiger partial charge in [0, 0.05) is 5.70 Å². The van der Waals surface area contributed by atoms with Gasteiger partial charge in [0.05, 0.1) is 41.0 Å². The topological polar surface area (TPSA) is 137 Å². The smallest absolute Gasteiger partial charge is 0.338 e. The molecule has 0 aliphatic carbocycles. The van der Waals surface area contributed by atoms with E-state index in [0.29, 0.717) is 32.1 Å². The number of carbonyl (C=O) groups is 3. The Hall–Kier alpha value is -4.21. The van der Waals surface area contributed by atoms with Gasteiger partial charge in [-0.25, -0.2) is 15.0 Å². The molecule has 2 aromatic rings. The molecule has 1 heterocycles. The number of hydrogen-bond acceptors (Lipinski definition) is 8. The molecule has 3 rings (SSSR count). The number of urea groups is 1. The van der Waals surface area contributed by atoms with E-state index in [0.717, 1.165) is 0 Å². The third kappa shape index (κ3) is 7.68. The molecule has 0 unspecified atom stereocenters. The average molecular weight is 634 g/mol. The summed E-state index contributed by atoms with van der Waals surface area (Å²) >= 11 is 9.58. The van der Waals surface area contributed by atoms with Crippen LogP contribution in [0.1, 0.15) is 31.0 Å². The number of carbonyl (C=O) groups excluding carboxylic acids is 3. The zero-order valence-corrected chi connectivity index (χ0v) is 24.1. The fourth-order valence-corrected chi connectivity index (χ4v) is 4.66. The van der Waals surface area contributed by atoms with E-state index in [9.17, 15) is 14.4 Å². The van der Waals surface area contributed by atoms with Crippen LogP contribution >= 0.6 is 27.5 Å². The third-order valence-corrected chi connectivity index (χ3v) is 6.24. The maximum atomic E-state index is 12.6. The number of rotatable bonds is 11. The van der Waals surface area contributed by atoms with E-state index in [-0.39, 0.29) is 36.9 Å². The first kappa shape index (κ1) is 30.3. The van der Waals surface area contributed by atoms with Crippen molar-refractivity contribution >= 4 is 51.7 Å². The molecule has 3 N–H and O–H groups in total. The summed E-state index contributed by atoms with van der Waals surface area (Å²) in [4.78, 5) is 37.0. The second kappa shape index (κ2) is 14.3. The minimum atomic E-state index is -0.778. The van der Waals surface area contributed by atoms with Crippen LogP contribution in [0, 0.1) is 12.3 Å². The first-order chi connectivity index (χ1) is 19.2. The normalized spacial score (nSPS) is 14.6. The lowest BCUT2D eigenvalue weighted by atomic mass is 9.95. The molecular weight excluding hydrogens is 608 g/mol. The number of allylic oxidation sites excluding steroid dienone is 1. The van der Waals surface area contributed by atoms with Crippen LogP contribution in [0.2, 0.25) is 5.02 Å². The highest BCUT2D eigenvalue weighted by atomic mass is 79.9. The molecule has 1 atom stereocenters. The number of methoxy groups -OCH3 is 1. The van der Waals surface area contributed by atoms with Crippen molar-refractivity contribution < 1.29 is 33.3 Å². The Bertz CT molecular complexity index is 1380. The number of halogens is 2. The zero-order chi connectivity index (χ0) is 29.2. The Balaban J connectivity index is 1.66. The van der Waals surface area contributed by atoms with E-state index in [2.05, 4.69) is 43.0 Å². The van der Waals surface area contributed by atoms with Gasteiger partial charge >= 0.3 is 12.0 Å². The molecule has 210 valence electrons. The van der Waals surface area contributed by atoms with Crippen LogP contribution in [0.15, 0.2) is 51.2 Å². The van der Waals surface area contributed by atoms with Gasteiger partial charge in [0.1, 0.15) is 6.61 Å². The van der Waals surface area contributed by atoms with Gasteiger partial charge in [-0.05, 0) is 65.2 Å². The Kier molecular flexibility index (Phi) is 10.8. The SMILES string of the molecule is C#CCOc1c(Cl)cc(/C=N\NC(=O)COc2ccc([C@@H]3NC(=O)NC(C)=C3C(=O)OCC)cc2OC)cc1Br. The van der Waals surface area contributed by atoms with Crippen molar-refractivity contribution in [2.45, 2.75) is 19.9 Å². The van der Waals surface area contributed by atoms with E-state index >= 15 is 0 Å². The minimum absolute atomic E-state index is 0.0648. The van der Waals surface area contributed by atoms with E-state index in [1.807, 2.05) is 0 Å². The molecular formula is C27H26BrClN4O7. The van der Waals surface area contributed by atoms with Crippen LogP contribution in [0.25, 0.3) is 0 Å². The number of nitrogens with one attached hydrogen (secondary N) is 3. The molecule has 0 fully saturated rings. The lowest BCUT2D eigenvalue weighted by Gasteiger charge is -2.28. The maximum Gasteiger partial charge on any atom is 0.338 e. The van der Waals surface area contributed by atoms with E-state index in [1.54, 1.807) is 44.2 Å². The molecule has 0 radical (unpaired) electrons. The molecule has 0 aromatic heterocycles. The number of esters is 1. The van der Waals surface area contributed by atoms with Gasteiger partial charge in [-0.1, -0.05) is 23.6 Å². The minimum Gasteiger partial charge on any atom is -0.493 e. The van der Waals surface area contributed by atoms with Crippen LogP contribution < -0.4 is 30.3 Å². The second-order valence-electron chi connectivity index (χ2n) is 8.09. The predicted molar refractivity (Wildman–Crippen MR) is 151 cm³/mol. The highest BCUT2D eigenvalue weighted by molar-refractivity contribution is 9.10. The molecule has 0 saturated carbocycles. The van der Waals surface area contributed by atoms with E-state index in [1.165, 1.54) is 13.3 Å². The van der Waals surface area contributed by atoms with Crippen molar-refractivity contribution in [2.24, 2.45) is 5.10 Å².